The lowest BCUT2D eigenvalue weighted by Crippen LogP contribution is -2.33. The number of carbonyl (C=O) groups excluding carboxylic acids is 2. The van der Waals surface area contributed by atoms with Gasteiger partial charge in [-0.15, -0.1) is 0 Å². The second-order valence-electron chi connectivity index (χ2n) is 8.46. The lowest BCUT2D eigenvalue weighted by molar-refractivity contribution is -0.118. The van der Waals surface area contributed by atoms with E-state index in [2.05, 4.69) is 47.1 Å². The quantitative estimate of drug-likeness (QED) is 0.492. The van der Waals surface area contributed by atoms with Crippen LogP contribution in [0.15, 0.2) is 48.5 Å². The van der Waals surface area contributed by atoms with Crippen molar-refractivity contribution in [2.24, 2.45) is 0 Å². The number of benzene rings is 2. The van der Waals surface area contributed by atoms with Gasteiger partial charge in [0.1, 0.15) is 5.75 Å². The Morgan fingerprint density at radius 3 is 2.53 bits per heavy atom. The lowest BCUT2D eigenvalue weighted by Gasteiger charge is -2.21. The van der Waals surface area contributed by atoms with Crippen molar-refractivity contribution in [1.29, 1.82) is 0 Å². The molecular weight excluding hydrogens is 402 g/mol. The molecule has 0 bridgehead atoms. The van der Waals surface area contributed by atoms with E-state index in [0.717, 1.165) is 25.0 Å². The molecule has 0 radical (unpaired) electrons. The maximum absolute atomic E-state index is 12.3. The van der Waals surface area contributed by atoms with Crippen molar-refractivity contribution < 1.29 is 14.3 Å². The van der Waals surface area contributed by atoms with E-state index in [-0.39, 0.29) is 17.9 Å². The lowest BCUT2D eigenvalue weighted by atomic mass is 9.96. The van der Waals surface area contributed by atoms with E-state index >= 15 is 0 Å². The molecular formula is C26H35N3O3. The van der Waals surface area contributed by atoms with Crippen molar-refractivity contribution >= 4 is 11.8 Å². The minimum Gasteiger partial charge on any atom is -0.494 e. The highest BCUT2D eigenvalue weighted by Crippen LogP contribution is 2.35. The number of rotatable bonds is 10. The van der Waals surface area contributed by atoms with Crippen LogP contribution in [0.3, 0.4) is 0 Å². The second kappa shape index (κ2) is 11.7. The van der Waals surface area contributed by atoms with E-state index in [0.29, 0.717) is 37.2 Å². The highest BCUT2D eigenvalue weighted by Gasteiger charge is 2.27. The first kappa shape index (κ1) is 23.8. The molecule has 1 unspecified atom stereocenters. The van der Waals surface area contributed by atoms with Crippen molar-refractivity contribution in [3.8, 4) is 5.75 Å². The van der Waals surface area contributed by atoms with Crippen LogP contribution < -0.4 is 20.7 Å². The Bertz CT molecular complexity index is 897. The smallest absolute Gasteiger partial charge is 0.251 e. The molecule has 6 heteroatoms. The molecule has 2 amide bonds. The molecule has 1 saturated carbocycles. The van der Waals surface area contributed by atoms with Crippen LogP contribution in [0.25, 0.3) is 0 Å². The van der Waals surface area contributed by atoms with Gasteiger partial charge in [0.25, 0.3) is 5.91 Å². The van der Waals surface area contributed by atoms with Gasteiger partial charge in [0.05, 0.1) is 6.61 Å². The third-order valence-corrected chi connectivity index (χ3v) is 6.02. The highest BCUT2D eigenvalue weighted by molar-refractivity contribution is 5.94. The molecule has 3 atom stereocenters. The third kappa shape index (κ3) is 6.82. The molecule has 1 aliphatic carbocycles. The highest BCUT2D eigenvalue weighted by atomic mass is 16.5. The van der Waals surface area contributed by atoms with Crippen LogP contribution in [0.1, 0.15) is 73.5 Å². The Morgan fingerprint density at radius 1 is 1.06 bits per heavy atom. The molecule has 0 saturated heterocycles. The zero-order valence-corrected chi connectivity index (χ0v) is 19.3. The van der Waals surface area contributed by atoms with Crippen LogP contribution in [0.5, 0.6) is 5.75 Å². The van der Waals surface area contributed by atoms with Crippen LogP contribution >= 0.6 is 0 Å². The van der Waals surface area contributed by atoms with E-state index in [9.17, 15) is 9.59 Å². The van der Waals surface area contributed by atoms with Gasteiger partial charge in [0, 0.05) is 37.7 Å². The van der Waals surface area contributed by atoms with E-state index in [4.69, 9.17) is 4.74 Å². The zero-order valence-electron chi connectivity index (χ0n) is 19.3. The van der Waals surface area contributed by atoms with E-state index in [1.807, 2.05) is 31.2 Å². The third-order valence-electron chi connectivity index (χ3n) is 6.02. The minimum absolute atomic E-state index is 0.0959. The Morgan fingerprint density at radius 2 is 1.81 bits per heavy atom. The normalized spacial score (nSPS) is 18.7. The summed E-state index contributed by atoms with van der Waals surface area (Å²) in [6.07, 6.45) is 3.38. The van der Waals surface area contributed by atoms with E-state index in [1.54, 1.807) is 0 Å². The van der Waals surface area contributed by atoms with Crippen LogP contribution in [0.2, 0.25) is 0 Å². The number of amides is 2. The molecule has 2 aromatic carbocycles. The van der Waals surface area contributed by atoms with E-state index < -0.39 is 0 Å². The van der Waals surface area contributed by atoms with Crippen LogP contribution in [-0.4, -0.2) is 37.6 Å². The number of hydrogen-bond donors (Lipinski definition) is 3. The molecule has 1 aliphatic rings. The fourth-order valence-electron chi connectivity index (χ4n) is 4.35. The first-order valence-electron chi connectivity index (χ1n) is 11.6. The predicted molar refractivity (Wildman–Crippen MR) is 127 cm³/mol. The van der Waals surface area contributed by atoms with Gasteiger partial charge in [-0.3, -0.25) is 9.59 Å². The molecule has 0 aromatic heterocycles. The van der Waals surface area contributed by atoms with Gasteiger partial charge in [0.2, 0.25) is 5.91 Å². The minimum atomic E-state index is -0.115. The van der Waals surface area contributed by atoms with Crippen molar-refractivity contribution in [3.63, 3.8) is 0 Å². The monoisotopic (exact) mass is 437 g/mol. The summed E-state index contributed by atoms with van der Waals surface area (Å²) < 4.78 is 5.63. The summed E-state index contributed by atoms with van der Waals surface area (Å²) in [6.45, 7) is 7.20. The average Bonchev–Trinajstić information content (AvgIpc) is 3.25. The van der Waals surface area contributed by atoms with Crippen LogP contribution in [0.4, 0.5) is 0 Å². The predicted octanol–water partition coefficient (Wildman–Crippen LogP) is 3.94. The maximum atomic E-state index is 12.3. The van der Waals surface area contributed by atoms with Crippen molar-refractivity contribution in [1.82, 2.24) is 16.0 Å². The van der Waals surface area contributed by atoms with Gasteiger partial charge in [-0.05, 0) is 74.4 Å². The van der Waals surface area contributed by atoms with Gasteiger partial charge >= 0.3 is 0 Å². The van der Waals surface area contributed by atoms with Crippen molar-refractivity contribution in [3.05, 3.63) is 65.2 Å². The Hall–Kier alpha value is -2.86. The average molecular weight is 438 g/mol. The summed E-state index contributed by atoms with van der Waals surface area (Å²) in [4.78, 5) is 23.1. The molecule has 2 aromatic rings. The fraction of sp³-hybridized carbons (Fsp3) is 0.462. The molecule has 0 aliphatic heterocycles. The SMILES string of the molecule is CCOc1cccc([C@@H](C)NC2CC[C@H](c3ccc(C(=O)NCCNC(C)=O)cc3)C2)c1. The molecule has 1 fully saturated rings. The Labute approximate surface area is 191 Å². The topological polar surface area (TPSA) is 79.5 Å². The van der Waals surface area contributed by atoms with Gasteiger partial charge < -0.3 is 20.7 Å². The molecule has 172 valence electrons. The maximum Gasteiger partial charge on any atom is 0.251 e. The zero-order chi connectivity index (χ0) is 22.9. The van der Waals surface area contributed by atoms with Gasteiger partial charge in [-0.2, -0.15) is 0 Å². The summed E-state index contributed by atoms with van der Waals surface area (Å²) in [5.41, 5.74) is 3.18. The standard InChI is InChI=1S/C26H35N3O3/c1-4-32-25-7-5-6-22(17-25)18(2)29-24-13-12-23(16-24)20-8-10-21(11-9-20)26(31)28-15-14-27-19(3)30/h5-11,17-18,23-24,29H,4,12-16H2,1-3H3,(H,27,30)(H,28,31)/t18-,23+,24?/m1/s1. The molecule has 6 nitrogen and oxygen atoms in total. The Kier molecular flexibility index (Phi) is 8.68. The van der Waals surface area contributed by atoms with Crippen LogP contribution in [0, 0.1) is 0 Å². The van der Waals surface area contributed by atoms with E-state index in [1.165, 1.54) is 18.1 Å². The number of hydrogen-bond acceptors (Lipinski definition) is 4. The van der Waals surface area contributed by atoms with Crippen molar-refractivity contribution in [2.75, 3.05) is 19.7 Å². The summed E-state index contributed by atoms with van der Waals surface area (Å²) >= 11 is 0. The second-order valence-corrected chi connectivity index (χ2v) is 8.46. The number of carbonyl (C=O) groups is 2. The van der Waals surface area contributed by atoms with Gasteiger partial charge in [0.15, 0.2) is 0 Å². The largest absolute Gasteiger partial charge is 0.494 e. The Balaban J connectivity index is 1.49. The number of nitrogens with one attached hydrogen (secondary N) is 3. The summed E-state index contributed by atoms with van der Waals surface area (Å²) in [5.74, 6) is 1.21. The molecule has 3 rings (SSSR count). The molecule has 0 heterocycles. The van der Waals surface area contributed by atoms with Gasteiger partial charge in [-0.1, -0.05) is 24.3 Å². The number of ether oxygens (including phenoxy) is 1. The fourth-order valence-corrected chi connectivity index (χ4v) is 4.35. The molecule has 0 spiro atoms. The molecule has 32 heavy (non-hydrogen) atoms. The first-order chi connectivity index (χ1) is 15.5. The summed E-state index contributed by atoms with van der Waals surface area (Å²) in [5, 5.41) is 9.28. The van der Waals surface area contributed by atoms with Crippen molar-refractivity contribution in [2.45, 2.75) is 58.0 Å². The summed E-state index contributed by atoms with van der Waals surface area (Å²) in [6, 6.07) is 17.0. The van der Waals surface area contributed by atoms with Gasteiger partial charge in [-0.25, -0.2) is 0 Å². The molecule has 3 N–H and O–H groups in total. The first-order valence-corrected chi connectivity index (χ1v) is 11.6. The van der Waals surface area contributed by atoms with Crippen LogP contribution in [-0.2, 0) is 4.79 Å². The summed E-state index contributed by atoms with van der Waals surface area (Å²) in [7, 11) is 0.